The van der Waals surface area contributed by atoms with Gasteiger partial charge in [0.05, 0.1) is 11.0 Å². The normalized spacial score (nSPS) is 12.6. The van der Waals surface area contributed by atoms with Gasteiger partial charge in [-0.05, 0) is 53.9 Å². The first-order valence-electron chi connectivity index (χ1n) is 5.93. The number of nitrogens with one attached hydrogen (secondary N) is 1. The second-order valence-corrected chi connectivity index (χ2v) is 7.35. The van der Waals surface area contributed by atoms with Crippen LogP contribution in [0.4, 0.5) is 0 Å². The van der Waals surface area contributed by atoms with Crippen molar-refractivity contribution in [2.45, 2.75) is 31.9 Å². The molecule has 0 heterocycles. The van der Waals surface area contributed by atoms with E-state index in [1.54, 1.807) is 13.8 Å². The Morgan fingerprint density at radius 2 is 1.75 bits per heavy atom. The number of sulfone groups is 1. The van der Waals surface area contributed by atoms with E-state index in [4.69, 9.17) is 0 Å². The lowest BCUT2D eigenvalue weighted by molar-refractivity contribution is 0.392. The molecule has 4 nitrogen and oxygen atoms in total. The highest BCUT2D eigenvalue weighted by Crippen LogP contribution is 1.99. The molecular weight excluding hydrogens is 224 g/mol. The second-order valence-electron chi connectivity index (χ2n) is 4.68. The van der Waals surface area contributed by atoms with Gasteiger partial charge in [0.1, 0.15) is 0 Å². The summed E-state index contributed by atoms with van der Waals surface area (Å²) in [5, 5.41) is 2.91. The Morgan fingerprint density at radius 1 is 1.12 bits per heavy atom. The lowest BCUT2D eigenvalue weighted by atomic mass is 10.3. The minimum atomic E-state index is -2.88. The van der Waals surface area contributed by atoms with Crippen molar-refractivity contribution < 1.29 is 8.42 Å². The molecule has 0 spiro atoms. The molecule has 0 aliphatic carbocycles. The Labute approximate surface area is 100 Å². The zero-order chi connectivity index (χ0) is 12.6. The maximum Gasteiger partial charge on any atom is 0.153 e. The van der Waals surface area contributed by atoms with Gasteiger partial charge in [-0.15, -0.1) is 0 Å². The molecule has 16 heavy (non-hydrogen) atoms. The molecule has 0 bridgehead atoms. The fraction of sp³-hybridized carbons (Fsp3) is 1.00. The minimum absolute atomic E-state index is 0.248. The van der Waals surface area contributed by atoms with Gasteiger partial charge in [-0.1, -0.05) is 0 Å². The van der Waals surface area contributed by atoms with Crippen LogP contribution in [0.15, 0.2) is 0 Å². The fourth-order valence-electron chi connectivity index (χ4n) is 1.25. The van der Waals surface area contributed by atoms with E-state index in [9.17, 15) is 8.42 Å². The van der Waals surface area contributed by atoms with Crippen molar-refractivity contribution in [1.82, 2.24) is 10.2 Å². The molecule has 1 N–H and O–H groups in total. The van der Waals surface area contributed by atoms with Crippen LogP contribution in [-0.4, -0.2) is 58.1 Å². The van der Waals surface area contributed by atoms with Gasteiger partial charge in [-0.25, -0.2) is 8.42 Å². The average molecular weight is 250 g/mol. The van der Waals surface area contributed by atoms with Gasteiger partial charge in [0.15, 0.2) is 9.84 Å². The van der Waals surface area contributed by atoms with E-state index in [-0.39, 0.29) is 11.0 Å². The summed E-state index contributed by atoms with van der Waals surface area (Å²) in [6.45, 7) is 6.02. The quantitative estimate of drug-likeness (QED) is 0.613. The topological polar surface area (TPSA) is 49.4 Å². The van der Waals surface area contributed by atoms with E-state index in [0.717, 1.165) is 25.9 Å². The molecule has 0 radical (unpaired) electrons. The molecule has 0 atom stereocenters. The van der Waals surface area contributed by atoms with Crippen LogP contribution >= 0.6 is 0 Å². The van der Waals surface area contributed by atoms with Gasteiger partial charge in [-0.3, -0.25) is 0 Å². The maximum atomic E-state index is 11.5. The Kier molecular flexibility index (Phi) is 7.97. The molecule has 0 unspecified atom stereocenters. The molecule has 0 saturated heterocycles. The smallest absolute Gasteiger partial charge is 0.153 e. The SMILES string of the molecule is CC(C)S(=O)(=O)CCNCCCCN(C)C. The van der Waals surface area contributed by atoms with Crippen molar-refractivity contribution in [3.63, 3.8) is 0 Å². The Balaban J connectivity index is 3.41. The van der Waals surface area contributed by atoms with Crippen LogP contribution in [0.3, 0.4) is 0 Å². The summed E-state index contributed by atoms with van der Waals surface area (Å²) in [5.41, 5.74) is 0. The molecule has 0 rings (SSSR count). The summed E-state index contributed by atoms with van der Waals surface area (Å²) in [6.07, 6.45) is 2.25. The van der Waals surface area contributed by atoms with Gasteiger partial charge in [-0.2, -0.15) is 0 Å². The summed E-state index contributed by atoms with van der Waals surface area (Å²) < 4.78 is 22.9. The first kappa shape index (κ1) is 15.9. The van der Waals surface area contributed by atoms with Crippen molar-refractivity contribution >= 4 is 9.84 Å². The third-order valence-electron chi connectivity index (χ3n) is 2.49. The zero-order valence-corrected chi connectivity index (χ0v) is 11.8. The largest absolute Gasteiger partial charge is 0.316 e. The van der Waals surface area contributed by atoms with Crippen LogP contribution in [0.25, 0.3) is 0 Å². The molecule has 0 aromatic rings. The van der Waals surface area contributed by atoms with Crippen LogP contribution < -0.4 is 5.32 Å². The number of unbranched alkanes of at least 4 members (excludes halogenated alkanes) is 1. The van der Waals surface area contributed by atoms with Gasteiger partial charge >= 0.3 is 0 Å². The highest BCUT2D eigenvalue weighted by Gasteiger charge is 2.14. The van der Waals surface area contributed by atoms with E-state index >= 15 is 0 Å². The van der Waals surface area contributed by atoms with Gasteiger partial charge in [0, 0.05) is 6.54 Å². The van der Waals surface area contributed by atoms with Gasteiger partial charge in [0.25, 0.3) is 0 Å². The summed E-state index contributed by atoms with van der Waals surface area (Å²) in [5.74, 6) is 0.248. The third-order valence-corrected chi connectivity index (χ3v) is 4.70. The van der Waals surface area contributed by atoms with Crippen LogP contribution in [-0.2, 0) is 9.84 Å². The Morgan fingerprint density at radius 3 is 2.25 bits per heavy atom. The van der Waals surface area contributed by atoms with Crippen molar-refractivity contribution in [2.24, 2.45) is 0 Å². The molecule has 0 aromatic carbocycles. The molecular formula is C11H26N2O2S. The molecule has 0 saturated carbocycles. The molecule has 0 fully saturated rings. The monoisotopic (exact) mass is 250 g/mol. The number of hydrogen-bond acceptors (Lipinski definition) is 4. The summed E-state index contributed by atoms with van der Waals surface area (Å²) in [6, 6.07) is 0. The highest BCUT2D eigenvalue weighted by atomic mass is 32.2. The molecule has 0 aliphatic rings. The van der Waals surface area contributed by atoms with E-state index < -0.39 is 9.84 Å². The molecule has 0 aliphatic heterocycles. The van der Waals surface area contributed by atoms with Crippen LogP contribution in [0.2, 0.25) is 0 Å². The highest BCUT2D eigenvalue weighted by molar-refractivity contribution is 7.92. The first-order chi connectivity index (χ1) is 7.36. The minimum Gasteiger partial charge on any atom is -0.316 e. The number of nitrogens with zero attached hydrogens (tertiary/aromatic N) is 1. The van der Waals surface area contributed by atoms with Gasteiger partial charge < -0.3 is 10.2 Å². The summed E-state index contributed by atoms with van der Waals surface area (Å²) in [4.78, 5) is 2.16. The summed E-state index contributed by atoms with van der Waals surface area (Å²) >= 11 is 0. The lowest BCUT2D eigenvalue weighted by Crippen LogP contribution is -2.28. The summed E-state index contributed by atoms with van der Waals surface area (Å²) in [7, 11) is 1.24. The fourth-order valence-corrected chi connectivity index (χ4v) is 2.15. The molecule has 5 heteroatoms. The van der Waals surface area contributed by atoms with E-state index in [1.807, 2.05) is 0 Å². The average Bonchev–Trinajstić information content (AvgIpc) is 2.15. The van der Waals surface area contributed by atoms with Crippen LogP contribution in [0.1, 0.15) is 26.7 Å². The molecule has 0 amide bonds. The number of rotatable bonds is 9. The Bertz CT molecular complexity index is 261. The third kappa shape index (κ3) is 8.07. The predicted molar refractivity (Wildman–Crippen MR) is 69.6 cm³/mol. The first-order valence-corrected chi connectivity index (χ1v) is 7.65. The van der Waals surface area contributed by atoms with E-state index in [2.05, 4.69) is 24.3 Å². The van der Waals surface area contributed by atoms with Crippen LogP contribution in [0.5, 0.6) is 0 Å². The van der Waals surface area contributed by atoms with Crippen LogP contribution in [0, 0.1) is 0 Å². The van der Waals surface area contributed by atoms with Crippen molar-refractivity contribution in [3.05, 3.63) is 0 Å². The number of hydrogen-bond donors (Lipinski definition) is 1. The van der Waals surface area contributed by atoms with Crippen molar-refractivity contribution in [1.29, 1.82) is 0 Å². The van der Waals surface area contributed by atoms with Crippen molar-refractivity contribution in [3.8, 4) is 0 Å². The van der Waals surface area contributed by atoms with Crippen molar-refractivity contribution in [2.75, 3.05) is 39.5 Å². The van der Waals surface area contributed by atoms with E-state index in [1.165, 1.54) is 0 Å². The van der Waals surface area contributed by atoms with E-state index in [0.29, 0.717) is 6.54 Å². The standard InChI is InChI=1S/C11H26N2O2S/c1-11(2)16(14,15)10-8-12-7-5-6-9-13(3)4/h11-12H,5-10H2,1-4H3. The second kappa shape index (κ2) is 8.03. The zero-order valence-electron chi connectivity index (χ0n) is 11.0. The molecule has 0 aromatic heterocycles. The Hall–Kier alpha value is -0.130. The maximum absolute atomic E-state index is 11.5. The van der Waals surface area contributed by atoms with Gasteiger partial charge in [0.2, 0.25) is 0 Å². The predicted octanol–water partition coefficient (Wildman–Crippen LogP) is 0.741. The lowest BCUT2D eigenvalue weighted by Gasteiger charge is -2.10. The molecule has 98 valence electrons.